The molecule has 7 heteroatoms. The molecule has 0 aliphatic carbocycles. The van der Waals surface area contributed by atoms with Crippen molar-refractivity contribution in [1.29, 1.82) is 0 Å². The first kappa shape index (κ1) is 16.1. The van der Waals surface area contributed by atoms with Gasteiger partial charge in [-0.25, -0.2) is 0 Å². The number of pyridine rings is 1. The molecule has 2 heterocycles. The van der Waals surface area contributed by atoms with Gasteiger partial charge in [0.15, 0.2) is 0 Å². The van der Waals surface area contributed by atoms with Gasteiger partial charge in [-0.05, 0) is 24.3 Å². The monoisotopic (exact) mass is 351 g/mol. The summed E-state index contributed by atoms with van der Waals surface area (Å²) in [5, 5.41) is 3.63. The molecule has 1 fully saturated rings. The minimum atomic E-state index is -0.244. The number of amides is 1. The summed E-state index contributed by atoms with van der Waals surface area (Å²) in [4.78, 5) is 18.7. The number of ether oxygens (including phenoxy) is 1. The van der Waals surface area contributed by atoms with Crippen LogP contribution >= 0.6 is 23.2 Å². The Morgan fingerprint density at radius 3 is 2.65 bits per heavy atom. The molecule has 1 aromatic carbocycles. The maximum atomic E-state index is 12.4. The number of halogens is 2. The number of carbonyl (C=O) groups is 1. The van der Waals surface area contributed by atoms with E-state index in [9.17, 15) is 4.79 Å². The van der Waals surface area contributed by atoms with Crippen molar-refractivity contribution < 1.29 is 9.53 Å². The van der Waals surface area contributed by atoms with Crippen LogP contribution in [-0.4, -0.2) is 37.2 Å². The van der Waals surface area contributed by atoms with Crippen LogP contribution in [0.25, 0.3) is 0 Å². The molecule has 0 saturated carbocycles. The van der Waals surface area contributed by atoms with Crippen LogP contribution in [0.3, 0.4) is 0 Å². The first-order valence-electron chi connectivity index (χ1n) is 7.17. The molecule has 1 N–H and O–H groups in total. The van der Waals surface area contributed by atoms with Crippen LogP contribution in [0.1, 0.15) is 10.4 Å². The van der Waals surface area contributed by atoms with Crippen molar-refractivity contribution in [2.45, 2.75) is 0 Å². The maximum Gasteiger partial charge on any atom is 0.257 e. The van der Waals surface area contributed by atoms with Crippen LogP contribution in [0.5, 0.6) is 0 Å². The maximum absolute atomic E-state index is 12.4. The molecule has 1 aromatic heterocycles. The third-order valence-corrected chi connectivity index (χ3v) is 4.28. The van der Waals surface area contributed by atoms with Crippen LogP contribution in [-0.2, 0) is 4.74 Å². The fourth-order valence-corrected chi connectivity index (χ4v) is 2.62. The van der Waals surface area contributed by atoms with E-state index in [4.69, 9.17) is 27.9 Å². The highest BCUT2D eigenvalue weighted by Crippen LogP contribution is 2.25. The normalized spacial score (nSPS) is 14.6. The zero-order valence-electron chi connectivity index (χ0n) is 12.3. The minimum absolute atomic E-state index is 0.244. The third-order valence-electron chi connectivity index (χ3n) is 3.54. The van der Waals surface area contributed by atoms with Crippen molar-refractivity contribution in [3.05, 3.63) is 52.3 Å². The second-order valence-corrected chi connectivity index (χ2v) is 5.93. The van der Waals surface area contributed by atoms with E-state index in [0.717, 1.165) is 18.8 Å². The van der Waals surface area contributed by atoms with E-state index in [2.05, 4.69) is 15.2 Å². The first-order chi connectivity index (χ1) is 11.1. The summed E-state index contributed by atoms with van der Waals surface area (Å²) in [5.41, 5.74) is 1.98. The first-order valence-corrected chi connectivity index (χ1v) is 7.93. The van der Waals surface area contributed by atoms with Gasteiger partial charge in [-0.3, -0.25) is 9.78 Å². The van der Waals surface area contributed by atoms with Gasteiger partial charge in [-0.2, -0.15) is 0 Å². The lowest BCUT2D eigenvalue weighted by atomic mass is 10.2. The van der Waals surface area contributed by atoms with E-state index in [0.29, 0.717) is 34.5 Å². The number of rotatable bonds is 3. The van der Waals surface area contributed by atoms with Crippen LogP contribution in [0.2, 0.25) is 10.0 Å². The summed E-state index contributed by atoms with van der Waals surface area (Å²) in [6.07, 6.45) is 3.29. The van der Waals surface area contributed by atoms with E-state index in [1.807, 2.05) is 6.07 Å². The molecular weight excluding hydrogens is 337 g/mol. The fraction of sp³-hybridized carbons (Fsp3) is 0.250. The summed E-state index contributed by atoms with van der Waals surface area (Å²) in [7, 11) is 0. The van der Waals surface area contributed by atoms with Gasteiger partial charge in [0.05, 0.1) is 40.7 Å². The Kier molecular flexibility index (Phi) is 5.00. The number of aromatic nitrogens is 1. The Hall–Kier alpha value is -1.82. The molecule has 1 aliphatic rings. The van der Waals surface area contributed by atoms with Crippen molar-refractivity contribution in [3.8, 4) is 0 Å². The number of nitrogens with one attached hydrogen (secondary N) is 1. The number of carbonyl (C=O) groups excluding carboxylic acids is 1. The Bertz CT molecular complexity index is 718. The van der Waals surface area contributed by atoms with Crippen LogP contribution in [0.4, 0.5) is 11.4 Å². The molecule has 0 spiro atoms. The average molecular weight is 352 g/mol. The molecule has 1 aliphatic heterocycles. The highest BCUT2D eigenvalue weighted by atomic mass is 35.5. The summed E-state index contributed by atoms with van der Waals surface area (Å²) in [6.45, 7) is 2.94. The van der Waals surface area contributed by atoms with E-state index >= 15 is 0 Å². The largest absolute Gasteiger partial charge is 0.378 e. The Morgan fingerprint density at radius 1 is 1.13 bits per heavy atom. The molecule has 1 amide bonds. The predicted octanol–water partition coefficient (Wildman–Crippen LogP) is 3.48. The topological polar surface area (TPSA) is 54.5 Å². The second-order valence-electron chi connectivity index (χ2n) is 5.11. The zero-order valence-corrected chi connectivity index (χ0v) is 13.8. The predicted molar refractivity (Wildman–Crippen MR) is 91.7 cm³/mol. The molecule has 2 aromatic rings. The fourth-order valence-electron chi connectivity index (χ4n) is 2.32. The SMILES string of the molecule is O=C(Nc1ccc(Cl)c(Cl)c1)c1cncc(N2CCOCC2)c1. The summed E-state index contributed by atoms with van der Waals surface area (Å²) < 4.78 is 5.33. The quantitative estimate of drug-likeness (QED) is 0.919. The average Bonchev–Trinajstić information content (AvgIpc) is 2.59. The van der Waals surface area contributed by atoms with E-state index in [1.54, 1.807) is 24.4 Å². The highest BCUT2D eigenvalue weighted by Gasteiger charge is 2.14. The highest BCUT2D eigenvalue weighted by molar-refractivity contribution is 6.42. The number of benzene rings is 1. The van der Waals surface area contributed by atoms with Crippen LogP contribution in [0, 0.1) is 0 Å². The Morgan fingerprint density at radius 2 is 1.91 bits per heavy atom. The van der Waals surface area contributed by atoms with Gasteiger partial charge < -0.3 is 15.0 Å². The minimum Gasteiger partial charge on any atom is -0.378 e. The van der Waals surface area contributed by atoms with Gasteiger partial charge in [0.2, 0.25) is 0 Å². The van der Waals surface area contributed by atoms with Crippen molar-refractivity contribution in [3.63, 3.8) is 0 Å². The van der Waals surface area contributed by atoms with Gasteiger partial charge in [0.1, 0.15) is 0 Å². The lowest BCUT2D eigenvalue weighted by Crippen LogP contribution is -2.36. The molecule has 0 bridgehead atoms. The Labute approximate surface area is 144 Å². The molecular formula is C16H15Cl2N3O2. The van der Waals surface area contributed by atoms with Gasteiger partial charge in [-0.15, -0.1) is 0 Å². The van der Waals surface area contributed by atoms with Gasteiger partial charge >= 0.3 is 0 Å². The molecule has 23 heavy (non-hydrogen) atoms. The zero-order chi connectivity index (χ0) is 16.2. The molecule has 1 saturated heterocycles. The molecule has 0 unspecified atom stereocenters. The molecule has 5 nitrogen and oxygen atoms in total. The third kappa shape index (κ3) is 3.93. The number of anilines is 2. The van der Waals surface area contributed by atoms with Crippen molar-refractivity contribution >= 4 is 40.5 Å². The van der Waals surface area contributed by atoms with E-state index in [1.165, 1.54) is 6.20 Å². The van der Waals surface area contributed by atoms with Gasteiger partial charge in [0.25, 0.3) is 5.91 Å². The molecule has 120 valence electrons. The molecule has 3 rings (SSSR count). The number of morpholine rings is 1. The standard InChI is InChI=1S/C16H15Cl2N3O2/c17-14-2-1-12(8-15(14)18)20-16(22)11-7-13(10-19-9-11)21-3-5-23-6-4-21/h1-2,7-10H,3-6H2,(H,20,22). The summed E-state index contributed by atoms with van der Waals surface area (Å²) >= 11 is 11.8. The Balaban J connectivity index is 1.75. The van der Waals surface area contributed by atoms with Gasteiger partial charge in [-0.1, -0.05) is 23.2 Å². The smallest absolute Gasteiger partial charge is 0.257 e. The number of nitrogens with zero attached hydrogens (tertiary/aromatic N) is 2. The van der Waals surface area contributed by atoms with Crippen molar-refractivity contribution in [1.82, 2.24) is 4.98 Å². The number of hydrogen-bond donors (Lipinski definition) is 1. The number of hydrogen-bond acceptors (Lipinski definition) is 4. The lowest BCUT2D eigenvalue weighted by Gasteiger charge is -2.28. The second kappa shape index (κ2) is 7.17. The van der Waals surface area contributed by atoms with Crippen LogP contribution < -0.4 is 10.2 Å². The van der Waals surface area contributed by atoms with Gasteiger partial charge in [0, 0.05) is 25.0 Å². The van der Waals surface area contributed by atoms with E-state index in [-0.39, 0.29) is 5.91 Å². The van der Waals surface area contributed by atoms with Crippen LogP contribution in [0.15, 0.2) is 36.7 Å². The molecule has 0 atom stereocenters. The lowest BCUT2D eigenvalue weighted by molar-refractivity contribution is 0.102. The van der Waals surface area contributed by atoms with Crippen molar-refractivity contribution in [2.75, 3.05) is 36.5 Å². The summed E-state index contributed by atoms with van der Waals surface area (Å²) in [5.74, 6) is -0.244. The van der Waals surface area contributed by atoms with Crippen molar-refractivity contribution in [2.24, 2.45) is 0 Å². The van der Waals surface area contributed by atoms with E-state index < -0.39 is 0 Å². The molecule has 0 radical (unpaired) electrons. The summed E-state index contributed by atoms with van der Waals surface area (Å²) in [6, 6.07) is 6.78.